The Morgan fingerprint density at radius 3 is 2.74 bits per heavy atom. The summed E-state index contributed by atoms with van der Waals surface area (Å²) in [6, 6.07) is 9.01. The molecule has 0 aliphatic rings. The lowest BCUT2D eigenvalue weighted by Gasteiger charge is -2.11. The summed E-state index contributed by atoms with van der Waals surface area (Å²) in [5.74, 6) is -0.453. The molecule has 19 heavy (non-hydrogen) atoms. The number of hydrogen-bond donors (Lipinski definition) is 3. The van der Waals surface area contributed by atoms with Crippen LogP contribution in [0, 0.1) is 0 Å². The number of benzene rings is 1. The van der Waals surface area contributed by atoms with E-state index in [2.05, 4.69) is 15.3 Å². The molecular weight excluding hydrogens is 246 g/mol. The highest BCUT2D eigenvalue weighted by atomic mass is 16.3. The molecule has 2 aromatic rings. The minimum absolute atomic E-state index is 0.0731. The zero-order chi connectivity index (χ0) is 13.7. The van der Waals surface area contributed by atoms with Crippen molar-refractivity contribution in [1.82, 2.24) is 15.3 Å². The van der Waals surface area contributed by atoms with Gasteiger partial charge in [0.2, 0.25) is 0 Å². The van der Waals surface area contributed by atoms with Crippen LogP contribution in [0.15, 0.2) is 47.5 Å². The van der Waals surface area contributed by atoms with Crippen molar-refractivity contribution in [3.8, 4) is 0 Å². The second-order valence-electron chi connectivity index (χ2n) is 3.93. The van der Waals surface area contributed by atoms with E-state index >= 15 is 0 Å². The van der Waals surface area contributed by atoms with E-state index < -0.39 is 12.0 Å². The van der Waals surface area contributed by atoms with E-state index in [1.165, 1.54) is 6.20 Å². The van der Waals surface area contributed by atoms with Gasteiger partial charge >= 0.3 is 0 Å². The quantitative estimate of drug-likeness (QED) is 0.732. The highest BCUT2D eigenvalue weighted by Gasteiger charge is 2.11. The van der Waals surface area contributed by atoms with Crippen molar-refractivity contribution in [3.05, 3.63) is 64.3 Å². The molecule has 0 spiro atoms. The number of amides is 1. The maximum atomic E-state index is 11.7. The SMILES string of the molecule is O=C(NCC(O)c1ccccc1)c1c[nH]c(=O)cn1. The summed E-state index contributed by atoms with van der Waals surface area (Å²) in [5, 5.41) is 12.4. The lowest BCUT2D eigenvalue weighted by atomic mass is 10.1. The molecule has 6 nitrogen and oxygen atoms in total. The standard InChI is InChI=1S/C13H13N3O3/c17-11(9-4-2-1-3-5-9)7-16-13(19)10-6-15-12(18)8-14-10/h1-6,8,11,17H,7H2,(H,15,18)(H,16,19). The number of rotatable bonds is 4. The third-order valence-corrected chi connectivity index (χ3v) is 2.54. The van der Waals surface area contributed by atoms with E-state index in [4.69, 9.17) is 0 Å². The molecule has 0 bridgehead atoms. The van der Waals surface area contributed by atoms with Crippen LogP contribution >= 0.6 is 0 Å². The first kappa shape index (κ1) is 13.0. The lowest BCUT2D eigenvalue weighted by Crippen LogP contribution is -2.29. The van der Waals surface area contributed by atoms with Gasteiger partial charge in [0, 0.05) is 12.7 Å². The van der Waals surface area contributed by atoms with Gasteiger partial charge in [-0.15, -0.1) is 0 Å². The minimum atomic E-state index is -0.784. The fourth-order valence-electron chi connectivity index (χ4n) is 1.54. The Bertz CT molecular complexity index is 590. The van der Waals surface area contributed by atoms with Crippen molar-refractivity contribution < 1.29 is 9.90 Å². The van der Waals surface area contributed by atoms with Gasteiger partial charge in [-0.25, -0.2) is 4.98 Å². The summed E-state index contributed by atoms with van der Waals surface area (Å²) in [6.45, 7) is 0.0731. The smallest absolute Gasteiger partial charge is 0.271 e. The summed E-state index contributed by atoms with van der Waals surface area (Å²) in [5.41, 5.74) is 0.443. The number of aliphatic hydroxyl groups excluding tert-OH is 1. The number of nitrogens with one attached hydrogen (secondary N) is 2. The van der Waals surface area contributed by atoms with E-state index in [-0.39, 0.29) is 17.8 Å². The first-order valence-corrected chi connectivity index (χ1v) is 5.73. The molecule has 6 heteroatoms. The summed E-state index contributed by atoms with van der Waals surface area (Å²) in [7, 11) is 0. The molecule has 0 saturated carbocycles. The largest absolute Gasteiger partial charge is 0.387 e. The molecule has 0 aliphatic carbocycles. The van der Waals surface area contributed by atoms with Crippen molar-refractivity contribution in [2.24, 2.45) is 0 Å². The maximum Gasteiger partial charge on any atom is 0.271 e. The van der Waals surface area contributed by atoms with Gasteiger partial charge in [0.25, 0.3) is 11.5 Å². The second kappa shape index (κ2) is 5.92. The van der Waals surface area contributed by atoms with Crippen LogP contribution in [0.4, 0.5) is 0 Å². The van der Waals surface area contributed by atoms with Crippen LogP contribution in [0.3, 0.4) is 0 Å². The molecular formula is C13H13N3O3. The average molecular weight is 259 g/mol. The molecule has 1 atom stereocenters. The van der Waals surface area contributed by atoms with Crippen LogP contribution in [-0.4, -0.2) is 27.5 Å². The van der Waals surface area contributed by atoms with Crippen molar-refractivity contribution in [1.29, 1.82) is 0 Å². The van der Waals surface area contributed by atoms with Gasteiger partial charge in [-0.05, 0) is 5.56 Å². The predicted octanol–water partition coefficient (Wildman–Crippen LogP) is 0.233. The van der Waals surface area contributed by atoms with Crippen molar-refractivity contribution in [2.45, 2.75) is 6.10 Å². The number of hydrogen-bond acceptors (Lipinski definition) is 4. The van der Waals surface area contributed by atoms with Crippen LogP contribution in [0.5, 0.6) is 0 Å². The van der Waals surface area contributed by atoms with E-state index in [1.54, 1.807) is 12.1 Å². The summed E-state index contributed by atoms with van der Waals surface area (Å²) in [6.07, 6.45) is 1.47. The van der Waals surface area contributed by atoms with Gasteiger partial charge in [-0.2, -0.15) is 0 Å². The lowest BCUT2D eigenvalue weighted by molar-refractivity contribution is 0.0911. The number of carbonyl (C=O) groups excluding carboxylic acids is 1. The Morgan fingerprint density at radius 2 is 2.11 bits per heavy atom. The van der Waals surface area contributed by atoms with Gasteiger partial charge in [0.1, 0.15) is 5.69 Å². The van der Waals surface area contributed by atoms with E-state index in [0.717, 1.165) is 11.8 Å². The third kappa shape index (κ3) is 3.49. The number of aliphatic hydroxyl groups is 1. The molecule has 98 valence electrons. The molecule has 0 aliphatic heterocycles. The zero-order valence-electron chi connectivity index (χ0n) is 10.0. The van der Waals surface area contributed by atoms with Crippen molar-refractivity contribution >= 4 is 5.91 Å². The molecule has 3 N–H and O–H groups in total. The number of nitrogens with zero attached hydrogens (tertiary/aromatic N) is 1. The zero-order valence-corrected chi connectivity index (χ0v) is 10.0. The van der Waals surface area contributed by atoms with Gasteiger partial charge < -0.3 is 15.4 Å². The molecule has 0 fully saturated rings. The van der Waals surface area contributed by atoms with Gasteiger partial charge in [0.05, 0.1) is 12.3 Å². The first-order chi connectivity index (χ1) is 9.16. The Kier molecular flexibility index (Phi) is 4.04. The monoisotopic (exact) mass is 259 g/mol. The fraction of sp³-hybridized carbons (Fsp3) is 0.154. The van der Waals surface area contributed by atoms with Gasteiger partial charge in [-0.1, -0.05) is 30.3 Å². The first-order valence-electron chi connectivity index (χ1n) is 5.73. The fourth-order valence-corrected chi connectivity index (χ4v) is 1.54. The molecule has 2 rings (SSSR count). The van der Waals surface area contributed by atoms with E-state index in [1.807, 2.05) is 18.2 Å². The minimum Gasteiger partial charge on any atom is -0.387 e. The number of H-pyrrole nitrogens is 1. The highest BCUT2D eigenvalue weighted by molar-refractivity contribution is 5.91. The molecule has 1 unspecified atom stereocenters. The Morgan fingerprint density at radius 1 is 1.37 bits per heavy atom. The van der Waals surface area contributed by atoms with Crippen LogP contribution in [0.2, 0.25) is 0 Å². The van der Waals surface area contributed by atoms with Crippen molar-refractivity contribution in [3.63, 3.8) is 0 Å². The van der Waals surface area contributed by atoms with E-state index in [9.17, 15) is 14.7 Å². The normalized spacial score (nSPS) is 11.8. The Hall–Kier alpha value is -2.47. The molecule has 1 aromatic heterocycles. The summed E-state index contributed by atoms with van der Waals surface area (Å²) < 4.78 is 0. The molecule has 1 heterocycles. The topological polar surface area (TPSA) is 95.1 Å². The van der Waals surface area contributed by atoms with Crippen molar-refractivity contribution in [2.75, 3.05) is 6.54 Å². The van der Waals surface area contributed by atoms with E-state index in [0.29, 0.717) is 0 Å². The summed E-state index contributed by atoms with van der Waals surface area (Å²) in [4.78, 5) is 28.5. The third-order valence-electron chi connectivity index (χ3n) is 2.54. The predicted molar refractivity (Wildman–Crippen MR) is 68.6 cm³/mol. The molecule has 1 amide bonds. The van der Waals surface area contributed by atoms with Crippen LogP contribution in [-0.2, 0) is 0 Å². The Balaban J connectivity index is 1.94. The van der Waals surface area contributed by atoms with Gasteiger partial charge in [0.15, 0.2) is 0 Å². The maximum absolute atomic E-state index is 11.7. The van der Waals surface area contributed by atoms with Crippen LogP contribution < -0.4 is 10.9 Å². The van der Waals surface area contributed by atoms with Crippen LogP contribution in [0.1, 0.15) is 22.2 Å². The number of aromatic amines is 1. The van der Waals surface area contributed by atoms with Gasteiger partial charge in [-0.3, -0.25) is 9.59 Å². The average Bonchev–Trinajstić information content (AvgIpc) is 2.46. The molecule has 0 saturated heterocycles. The van der Waals surface area contributed by atoms with Crippen LogP contribution in [0.25, 0.3) is 0 Å². The number of carbonyl (C=O) groups is 1. The molecule has 1 aromatic carbocycles. The summed E-state index contributed by atoms with van der Waals surface area (Å²) >= 11 is 0. The highest BCUT2D eigenvalue weighted by Crippen LogP contribution is 2.10. The second-order valence-corrected chi connectivity index (χ2v) is 3.93. The molecule has 0 radical (unpaired) electrons. The number of aromatic nitrogens is 2. The Labute approximate surface area is 109 Å².